The van der Waals surface area contributed by atoms with Gasteiger partial charge in [0.05, 0.1) is 11.6 Å². The number of carbonyl (C=O) groups excluding carboxylic acids is 2. The molecule has 0 spiro atoms. The zero-order valence-corrected chi connectivity index (χ0v) is 15.5. The van der Waals surface area contributed by atoms with E-state index in [2.05, 4.69) is 10.6 Å². The molecule has 0 aliphatic rings. The Bertz CT molecular complexity index is 816. The molecule has 3 N–H and O–H groups in total. The van der Waals surface area contributed by atoms with Crippen molar-refractivity contribution < 1.29 is 19.5 Å². The minimum atomic E-state index is -0.921. The second kappa shape index (κ2) is 7.84. The van der Waals surface area contributed by atoms with Crippen LogP contribution in [0.1, 0.15) is 36.4 Å². The molecule has 0 bridgehead atoms. The van der Waals surface area contributed by atoms with Crippen molar-refractivity contribution in [2.75, 3.05) is 6.54 Å². The second-order valence-electron chi connectivity index (χ2n) is 6.25. The Morgan fingerprint density at radius 3 is 2.56 bits per heavy atom. The van der Waals surface area contributed by atoms with Crippen LogP contribution in [-0.2, 0) is 9.59 Å². The zero-order valence-electron chi connectivity index (χ0n) is 13.9. The summed E-state index contributed by atoms with van der Waals surface area (Å²) in [7, 11) is 0. The van der Waals surface area contributed by atoms with Crippen LogP contribution in [0, 0.1) is 0 Å². The van der Waals surface area contributed by atoms with Crippen LogP contribution < -0.4 is 10.6 Å². The predicted molar refractivity (Wildman–Crippen MR) is 98.3 cm³/mol. The summed E-state index contributed by atoms with van der Waals surface area (Å²) in [5, 5.41) is 15.2. The summed E-state index contributed by atoms with van der Waals surface area (Å²) in [5.41, 5.74) is -0.671. The first-order valence-electron chi connectivity index (χ1n) is 7.67. The van der Waals surface area contributed by atoms with Crippen molar-refractivity contribution in [3.8, 4) is 0 Å². The van der Waals surface area contributed by atoms with E-state index in [1.54, 1.807) is 13.8 Å². The molecular formula is C17H19ClN2O4S. The highest BCUT2D eigenvalue weighted by Gasteiger charge is 2.22. The first-order chi connectivity index (χ1) is 11.7. The molecule has 25 heavy (non-hydrogen) atoms. The van der Waals surface area contributed by atoms with Crippen LogP contribution in [0.25, 0.3) is 10.1 Å². The van der Waals surface area contributed by atoms with Crippen molar-refractivity contribution in [3.63, 3.8) is 0 Å². The van der Waals surface area contributed by atoms with Gasteiger partial charge in [0.25, 0.3) is 5.91 Å². The van der Waals surface area contributed by atoms with Gasteiger partial charge in [-0.15, -0.1) is 11.3 Å². The number of rotatable bonds is 7. The first-order valence-corrected chi connectivity index (χ1v) is 8.87. The van der Waals surface area contributed by atoms with Gasteiger partial charge in [0.15, 0.2) is 0 Å². The molecule has 0 radical (unpaired) electrons. The quantitative estimate of drug-likeness (QED) is 0.685. The maximum absolute atomic E-state index is 12.3. The van der Waals surface area contributed by atoms with Gasteiger partial charge < -0.3 is 15.7 Å². The monoisotopic (exact) mass is 382 g/mol. The third kappa shape index (κ3) is 5.17. The zero-order chi connectivity index (χ0) is 18.6. The summed E-state index contributed by atoms with van der Waals surface area (Å²) in [6.07, 6.45) is 0.251. The highest BCUT2D eigenvalue weighted by molar-refractivity contribution is 7.21. The maximum Gasteiger partial charge on any atom is 0.303 e. The molecule has 0 saturated carbocycles. The van der Waals surface area contributed by atoms with Gasteiger partial charge in [-0.3, -0.25) is 14.4 Å². The Hall–Kier alpha value is -2.12. The van der Waals surface area contributed by atoms with E-state index in [1.165, 1.54) is 11.3 Å². The van der Waals surface area contributed by atoms with E-state index in [1.807, 2.05) is 24.3 Å². The van der Waals surface area contributed by atoms with E-state index in [0.717, 1.165) is 10.1 Å². The SMILES string of the molecule is CC(C)(CCC(=O)O)NC(=O)CNC(=O)c1sc2ccccc2c1Cl. The molecule has 0 aliphatic heterocycles. The second-order valence-corrected chi connectivity index (χ2v) is 7.68. The molecule has 134 valence electrons. The van der Waals surface area contributed by atoms with Gasteiger partial charge in [-0.05, 0) is 26.3 Å². The number of halogens is 1. The maximum atomic E-state index is 12.3. The van der Waals surface area contributed by atoms with E-state index >= 15 is 0 Å². The number of amides is 2. The molecule has 0 fully saturated rings. The number of hydrogen-bond acceptors (Lipinski definition) is 4. The van der Waals surface area contributed by atoms with Gasteiger partial charge >= 0.3 is 5.97 Å². The summed E-state index contributed by atoms with van der Waals surface area (Å²) >= 11 is 7.51. The highest BCUT2D eigenvalue weighted by atomic mass is 35.5. The van der Waals surface area contributed by atoms with Crippen LogP contribution in [0.5, 0.6) is 0 Å². The first kappa shape index (κ1) is 19.2. The van der Waals surface area contributed by atoms with Crippen LogP contribution >= 0.6 is 22.9 Å². The van der Waals surface area contributed by atoms with E-state index in [0.29, 0.717) is 16.3 Å². The van der Waals surface area contributed by atoms with E-state index in [-0.39, 0.29) is 18.9 Å². The fraction of sp³-hybridized carbons (Fsp3) is 0.353. The predicted octanol–water partition coefficient (Wildman–Crippen LogP) is 3.04. The van der Waals surface area contributed by atoms with Gasteiger partial charge in [-0.1, -0.05) is 29.8 Å². The number of benzene rings is 1. The number of aliphatic carboxylic acids is 1. The molecule has 1 heterocycles. The summed E-state index contributed by atoms with van der Waals surface area (Å²) in [4.78, 5) is 35.3. The molecule has 6 nitrogen and oxygen atoms in total. The molecular weight excluding hydrogens is 364 g/mol. The number of thiophene rings is 1. The van der Waals surface area contributed by atoms with E-state index < -0.39 is 17.4 Å². The molecule has 2 amide bonds. The molecule has 1 aromatic carbocycles. The summed E-state index contributed by atoms with van der Waals surface area (Å²) in [5.74, 6) is -1.72. The molecule has 0 saturated heterocycles. The highest BCUT2D eigenvalue weighted by Crippen LogP contribution is 2.34. The third-order valence-electron chi connectivity index (χ3n) is 3.59. The lowest BCUT2D eigenvalue weighted by atomic mass is 9.98. The van der Waals surface area contributed by atoms with Crippen LogP contribution in [-0.4, -0.2) is 35.0 Å². The number of carboxylic acid groups (broad SMARTS) is 1. The lowest BCUT2D eigenvalue weighted by Gasteiger charge is -2.25. The molecule has 0 aliphatic carbocycles. The van der Waals surface area contributed by atoms with Gasteiger partial charge in [0.2, 0.25) is 5.91 Å². The van der Waals surface area contributed by atoms with Crippen LogP contribution in [0.3, 0.4) is 0 Å². The Morgan fingerprint density at radius 1 is 1.24 bits per heavy atom. The number of carboxylic acids is 1. The van der Waals surface area contributed by atoms with Crippen LogP contribution in [0.2, 0.25) is 5.02 Å². The smallest absolute Gasteiger partial charge is 0.303 e. The van der Waals surface area contributed by atoms with Crippen LogP contribution in [0.15, 0.2) is 24.3 Å². The van der Waals surface area contributed by atoms with Crippen molar-refractivity contribution in [2.24, 2.45) is 0 Å². The molecule has 8 heteroatoms. The van der Waals surface area contributed by atoms with E-state index in [9.17, 15) is 14.4 Å². The summed E-state index contributed by atoms with van der Waals surface area (Å²) in [6, 6.07) is 7.42. The average molecular weight is 383 g/mol. The fourth-order valence-corrected chi connectivity index (χ4v) is 3.74. The molecule has 0 unspecified atom stereocenters. The van der Waals surface area contributed by atoms with Crippen molar-refractivity contribution in [3.05, 3.63) is 34.2 Å². The molecule has 1 aromatic heterocycles. The summed E-state index contributed by atoms with van der Waals surface area (Å²) in [6.45, 7) is 3.26. The minimum Gasteiger partial charge on any atom is -0.481 e. The number of fused-ring (bicyclic) bond motifs is 1. The number of carbonyl (C=O) groups is 3. The Balaban J connectivity index is 1.93. The van der Waals surface area contributed by atoms with Gasteiger partial charge in [0, 0.05) is 22.0 Å². The fourth-order valence-electron chi connectivity index (χ4n) is 2.30. The van der Waals surface area contributed by atoms with Crippen molar-refractivity contribution >= 4 is 50.8 Å². The average Bonchev–Trinajstić information content (AvgIpc) is 2.88. The summed E-state index contributed by atoms with van der Waals surface area (Å²) < 4.78 is 0.900. The molecule has 0 atom stereocenters. The topological polar surface area (TPSA) is 95.5 Å². The largest absolute Gasteiger partial charge is 0.481 e. The van der Waals surface area contributed by atoms with Crippen molar-refractivity contribution in [1.29, 1.82) is 0 Å². The lowest BCUT2D eigenvalue weighted by Crippen LogP contribution is -2.47. The third-order valence-corrected chi connectivity index (χ3v) is 5.27. The normalized spacial score (nSPS) is 11.3. The van der Waals surface area contributed by atoms with Crippen LogP contribution in [0.4, 0.5) is 0 Å². The molecule has 2 aromatic rings. The van der Waals surface area contributed by atoms with Gasteiger partial charge in [-0.2, -0.15) is 0 Å². The van der Waals surface area contributed by atoms with Gasteiger partial charge in [-0.25, -0.2) is 0 Å². The number of hydrogen-bond donors (Lipinski definition) is 3. The minimum absolute atomic E-state index is 0.0446. The standard InChI is InChI=1S/C17H19ClN2O4S/c1-17(2,8-7-13(22)23)20-12(21)9-19-16(24)15-14(18)10-5-3-4-6-11(10)25-15/h3-6H,7-9H2,1-2H3,(H,19,24)(H,20,21)(H,22,23). The Kier molecular flexibility index (Phi) is 6.02. The van der Waals surface area contributed by atoms with E-state index in [4.69, 9.17) is 16.7 Å². The Morgan fingerprint density at radius 2 is 1.92 bits per heavy atom. The number of nitrogens with one attached hydrogen (secondary N) is 2. The van der Waals surface area contributed by atoms with Crippen molar-refractivity contribution in [1.82, 2.24) is 10.6 Å². The van der Waals surface area contributed by atoms with Crippen molar-refractivity contribution in [2.45, 2.75) is 32.2 Å². The Labute approximate surface area is 154 Å². The lowest BCUT2D eigenvalue weighted by molar-refractivity contribution is -0.137. The van der Waals surface area contributed by atoms with Gasteiger partial charge in [0.1, 0.15) is 4.88 Å². The molecule has 2 rings (SSSR count).